The summed E-state index contributed by atoms with van der Waals surface area (Å²) in [5, 5.41) is 0. The predicted molar refractivity (Wildman–Crippen MR) is 101 cm³/mol. The molecular weight excluding hydrogens is 296 g/mol. The Morgan fingerprint density at radius 3 is 2.62 bits per heavy atom. The molecule has 0 spiro atoms. The van der Waals surface area contributed by atoms with E-state index in [1.807, 2.05) is 12.1 Å². The highest BCUT2D eigenvalue weighted by Gasteiger charge is 2.17. The van der Waals surface area contributed by atoms with E-state index >= 15 is 0 Å². The summed E-state index contributed by atoms with van der Waals surface area (Å²) in [5.41, 5.74) is 1.30. The predicted octanol–water partition coefficient (Wildman–Crippen LogP) is 3.65. The number of nitrogens with zero attached hydrogens (tertiary/aromatic N) is 2. The average molecular weight is 324 g/mol. The summed E-state index contributed by atoms with van der Waals surface area (Å²) in [6, 6.07) is 10.7. The summed E-state index contributed by atoms with van der Waals surface area (Å²) in [7, 11) is 3.55. The number of hydrogen-bond acceptors (Lipinski definition) is 2. The van der Waals surface area contributed by atoms with Crippen LogP contribution >= 0.6 is 0 Å². The molecule has 2 atom stereocenters. The fourth-order valence-corrected chi connectivity index (χ4v) is 2.75. The Morgan fingerprint density at radius 2 is 2.00 bits per heavy atom. The van der Waals surface area contributed by atoms with Gasteiger partial charge in [-0.3, -0.25) is 9.69 Å². The second-order valence-corrected chi connectivity index (χ2v) is 6.56. The van der Waals surface area contributed by atoms with Gasteiger partial charge in [-0.25, -0.2) is 0 Å². The third-order valence-electron chi connectivity index (χ3n) is 4.30. The molecule has 0 aliphatic heterocycles. The maximum atomic E-state index is 11.8. The molecule has 1 aliphatic carbocycles. The lowest BCUT2D eigenvalue weighted by atomic mass is 9.99. The summed E-state index contributed by atoms with van der Waals surface area (Å²) >= 11 is 0. The van der Waals surface area contributed by atoms with Crippen LogP contribution in [0.5, 0.6) is 0 Å². The third kappa shape index (κ3) is 5.82. The van der Waals surface area contributed by atoms with Gasteiger partial charge in [-0.15, -0.1) is 0 Å². The van der Waals surface area contributed by atoms with Crippen molar-refractivity contribution < 1.29 is 4.79 Å². The number of carbonyl (C=O) groups is 1. The molecule has 0 N–H and O–H groups in total. The molecule has 0 heterocycles. The Morgan fingerprint density at radius 1 is 1.25 bits per heavy atom. The van der Waals surface area contributed by atoms with Crippen LogP contribution in [0.15, 0.2) is 66.8 Å². The highest BCUT2D eigenvalue weighted by atomic mass is 16.2. The van der Waals surface area contributed by atoms with Crippen molar-refractivity contribution in [2.45, 2.75) is 25.9 Å². The zero-order chi connectivity index (χ0) is 17.4. The first-order valence-electron chi connectivity index (χ1n) is 8.57. The molecule has 3 nitrogen and oxygen atoms in total. The van der Waals surface area contributed by atoms with Gasteiger partial charge >= 0.3 is 0 Å². The van der Waals surface area contributed by atoms with E-state index in [1.54, 1.807) is 25.1 Å². The molecule has 0 bridgehead atoms. The van der Waals surface area contributed by atoms with Crippen molar-refractivity contribution in [2.75, 3.05) is 20.6 Å². The fourth-order valence-electron chi connectivity index (χ4n) is 2.75. The van der Waals surface area contributed by atoms with Crippen molar-refractivity contribution in [1.82, 2.24) is 9.80 Å². The second-order valence-electron chi connectivity index (χ2n) is 6.56. The molecule has 24 heavy (non-hydrogen) atoms. The lowest BCUT2D eigenvalue weighted by molar-refractivity contribution is -0.123. The second kappa shape index (κ2) is 9.24. The lowest BCUT2D eigenvalue weighted by Crippen LogP contribution is -2.35. The zero-order valence-electron chi connectivity index (χ0n) is 14.9. The van der Waals surface area contributed by atoms with Crippen LogP contribution in [0.25, 0.3) is 0 Å². The molecule has 1 aliphatic rings. The van der Waals surface area contributed by atoms with Crippen LogP contribution in [0.2, 0.25) is 0 Å². The third-order valence-corrected chi connectivity index (χ3v) is 4.30. The molecule has 0 saturated carbocycles. The Hall–Kier alpha value is -2.13. The summed E-state index contributed by atoms with van der Waals surface area (Å²) in [6.45, 7) is 4.03. The first-order chi connectivity index (χ1) is 11.6. The topological polar surface area (TPSA) is 23.6 Å². The van der Waals surface area contributed by atoms with Gasteiger partial charge in [0.25, 0.3) is 0 Å². The van der Waals surface area contributed by atoms with Crippen LogP contribution in [-0.4, -0.2) is 42.4 Å². The maximum Gasteiger partial charge on any atom is 0.245 e. The summed E-state index contributed by atoms with van der Waals surface area (Å²) in [5.74, 6) is 0.557. The minimum atomic E-state index is 0.0296. The molecule has 2 rings (SSSR count). The van der Waals surface area contributed by atoms with E-state index in [9.17, 15) is 4.79 Å². The van der Waals surface area contributed by atoms with E-state index in [1.165, 1.54) is 5.56 Å². The quantitative estimate of drug-likeness (QED) is 0.715. The molecule has 1 aromatic carbocycles. The molecule has 0 radical (unpaired) electrons. The molecule has 3 heteroatoms. The van der Waals surface area contributed by atoms with Gasteiger partial charge in [0.15, 0.2) is 0 Å². The van der Waals surface area contributed by atoms with E-state index in [0.29, 0.717) is 5.92 Å². The first-order valence-corrected chi connectivity index (χ1v) is 8.57. The number of benzene rings is 1. The standard InChI is InChI=1S/C21H28N2O/c1-18(14-15-21(24)22(2)3)23(16-19-10-6-4-7-11-19)17-20-12-8-5-9-13-20/h4-12,14-15,18,20H,13,16-17H2,1-3H3/b15-14-. The number of amides is 1. The van der Waals surface area contributed by atoms with Crippen LogP contribution < -0.4 is 0 Å². The molecule has 128 valence electrons. The molecule has 0 saturated heterocycles. The summed E-state index contributed by atoms with van der Waals surface area (Å²) < 4.78 is 0. The van der Waals surface area contributed by atoms with Gasteiger partial charge < -0.3 is 4.90 Å². The largest absolute Gasteiger partial charge is 0.345 e. The van der Waals surface area contributed by atoms with Crippen LogP contribution in [-0.2, 0) is 11.3 Å². The number of rotatable bonds is 7. The van der Waals surface area contributed by atoms with Gasteiger partial charge in [-0.2, -0.15) is 0 Å². The molecule has 1 aromatic rings. The Bertz CT molecular complexity index is 602. The SMILES string of the molecule is CC(/C=C\C(=O)N(C)C)N(Cc1ccccc1)CC1C=CC=CC1. The summed E-state index contributed by atoms with van der Waals surface area (Å²) in [6.07, 6.45) is 13.5. The van der Waals surface area contributed by atoms with Gasteiger partial charge in [0.1, 0.15) is 0 Å². The number of hydrogen-bond donors (Lipinski definition) is 0. The van der Waals surface area contributed by atoms with Crippen LogP contribution in [0.3, 0.4) is 0 Å². The van der Waals surface area contributed by atoms with Gasteiger partial charge in [0.2, 0.25) is 5.91 Å². The van der Waals surface area contributed by atoms with E-state index in [4.69, 9.17) is 0 Å². The minimum absolute atomic E-state index is 0.0296. The molecular formula is C21H28N2O. The van der Waals surface area contributed by atoms with E-state index in [0.717, 1.165) is 19.5 Å². The van der Waals surface area contributed by atoms with E-state index in [2.05, 4.69) is 60.4 Å². The number of carbonyl (C=O) groups excluding carboxylic acids is 1. The van der Waals surface area contributed by atoms with Crippen molar-refractivity contribution >= 4 is 5.91 Å². The Balaban J connectivity index is 2.07. The average Bonchev–Trinajstić information content (AvgIpc) is 2.60. The van der Waals surface area contributed by atoms with E-state index < -0.39 is 0 Å². The fraction of sp³-hybridized carbons (Fsp3) is 0.381. The Labute approximate surface area is 146 Å². The number of likely N-dealkylation sites (N-methyl/N-ethyl adjacent to an activating group) is 1. The highest BCUT2D eigenvalue weighted by molar-refractivity contribution is 5.87. The smallest absolute Gasteiger partial charge is 0.245 e. The van der Waals surface area contributed by atoms with E-state index in [-0.39, 0.29) is 11.9 Å². The van der Waals surface area contributed by atoms with Gasteiger partial charge in [-0.1, -0.05) is 60.7 Å². The first kappa shape index (κ1) is 18.2. The Kier molecular flexibility index (Phi) is 7.01. The monoisotopic (exact) mass is 324 g/mol. The molecule has 2 unspecified atom stereocenters. The van der Waals surface area contributed by atoms with Crippen LogP contribution in [0, 0.1) is 5.92 Å². The van der Waals surface area contributed by atoms with Crippen molar-refractivity contribution in [3.05, 3.63) is 72.4 Å². The number of allylic oxidation sites excluding steroid dienone is 3. The van der Waals surface area contributed by atoms with Crippen molar-refractivity contribution in [2.24, 2.45) is 5.92 Å². The normalized spacial score (nSPS) is 18.2. The lowest BCUT2D eigenvalue weighted by Gasteiger charge is -2.30. The van der Waals surface area contributed by atoms with Crippen LogP contribution in [0.4, 0.5) is 0 Å². The van der Waals surface area contributed by atoms with Crippen LogP contribution in [0.1, 0.15) is 18.9 Å². The molecule has 1 amide bonds. The van der Waals surface area contributed by atoms with Crippen molar-refractivity contribution in [1.29, 1.82) is 0 Å². The zero-order valence-corrected chi connectivity index (χ0v) is 14.9. The highest BCUT2D eigenvalue weighted by Crippen LogP contribution is 2.18. The van der Waals surface area contributed by atoms with Gasteiger partial charge in [0.05, 0.1) is 0 Å². The maximum absolute atomic E-state index is 11.8. The molecule has 0 fully saturated rings. The molecule has 0 aromatic heterocycles. The van der Waals surface area contributed by atoms with Crippen molar-refractivity contribution in [3.63, 3.8) is 0 Å². The summed E-state index contributed by atoms with van der Waals surface area (Å²) in [4.78, 5) is 15.8. The minimum Gasteiger partial charge on any atom is -0.345 e. The van der Waals surface area contributed by atoms with Gasteiger partial charge in [-0.05, 0) is 24.8 Å². The van der Waals surface area contributed by atoms with Gasteiger partial charge in [0, 0.05) is 39.3 Å². The van der Waals surface area contributed by atoms with Crippen molar-refractivity contribution in [3.8, 4) is 0 Å².